The highest BCUT2D eigenvalue weighted by atomic mass is 16.5. The Bertz CT molecular complexity index is 681. The van der Waals surface area contributed by atoms with Gasteiger partial charge >= 0.3 is 0 Å². The first-order chi connectivity index (χ1) is 10.6. The number of fused-ring (bicyclic) bond motifs is 1. The molecule has 2 amide bonds. The van der Waals surface area contributed by atoms with E-state index in [0.717, 1.165) is 0 Å². The summed E-state index contributed by atoms with van der Waals surface area (Å²) in [6, 6.07) is 10.4. The molecule has 1 aromatic carbocycles. The van der Waals surface area contributed by atoms with Gasteiger partial charge in [-0.15, -0.1) is 0 Å². The fourth-order valence-electron chi connectivity index (χ4n) is 2.30. The monoisotopic (exact) mass is 300 g/mol. The van der Waals surface area contributed by atoms with Crippen molar-refractivity contribution in [2.45, 2.75) is 25.5 Å². The Morgan fingerprint density at radius 2 is 2.14 bits per heavy atom. The van der Waals surface area contributed by atoms with E-state index in [0.29, 0.717) is 17.2 Å². The van der Waals surface area contributed by atoms with Crippen LogP contribution >= 0.6 is 0 Å². The van der Waals surface area contributed by atoms with Gasteiger partial charge in [0.05, 0.1) is 24.4 Å². The zero-order valence-electron chi connectivity index (χ0n) is 12.0. The zero-order valence-corrected chi connectivity index (χ0v) is 12.0. The quantitative estimate of drug-likeness (QED) is 0.907. The molecule has 1 aliphatic rings. The summed E-state index contributed by atoms with van der Waals surface area (Å²) in [5.41, 5.74) is 0.619. The van der Waals surface area contributed by atoms with E-state index in [9.17, 15) is 9.59 Å². The molecule has 0 bridgehead atoms. The highest BCUT2D eigenvalue weighted by molar-refractivity contribution is 5.99. The van der Waals surface area contributed by atoms with E-state index >= 15 is 0 Å². The minimum Gasteiger partial charge on any atom is -0.478 e. The van der Waals surface area contributed by atoms with Crippen molar-refractivity contribution in [1.29, 1.82) is 0 Å². The molecule has 0 saturated heterocycles. The van der Waals surface area contributed by atoms with E-state index < -0.39 is 6.10 Å². The van der Waals surface area contributed by atoms with E-state index in [2.05, 4.69) is 10.6 Å². The van der Waals surface area contributed by atoms with E-state index in [-0.39, 0.29) is 24.3 Å². The van der Waals surface area contributed by atoms with Crippen molar-refractivity contribution in [3.05, 3.63) is 48.4 Å². The van der Waals surface area contributed by atoms with Crippen molar-refractivity contribution < 1.29 is 18.7 Å². The van der Waals surface area contributed by atoms with Gasteiger partial charge in [-0.2, -0.15) is 0 Å². The molecule has 0 unspecified atom stereocenters. The number of hydrogen-bond acceptors (Lipinski definition) is 4. The van der Waals surface area contributed by atoms with E-state index in [1.807, 2.05) is 13.0 Å². The zero-order chi connectivity index (χ0) is 15.5. The second-order valence-electron chi connectivity index (χ2n) is 5.10. The van der Waals surface area contributed by atoms with Crippen LogP contribution in [0.1, 0.15) is 25.1 Å². The fraction of sp³-hybridized carbons (Fsp3) is 0.250. The molecule has 2 heterocycles. The largest absolute Gasteiger partial charge is 0.478 e. The molecule has 6 heteroatoms. The molecule has 0 saturated carbocycles. The van der Waals surface area contributed by atoms with Crippen LogP contribution in [0.2, 0.25) is 0 Å². The average Bonchev–Trinajstić information content (AvgIpc) is 3.02. The molecule has 3 rings (SSSR count). The first-order valence-corrected chi connectivity index (χ1v) is 7.03. The van der Waals surface area contributed by atoms with Crippen molar-refractivity contribution in [2.24, 2.45) is 0 Å². The third kappa shape index (κ3) is 2.95. The van der Waals surface area contributed by atoms with Crippen molar-refractivity contribution >= 4 is 17.5 Å². The Balaban J connectivity index is 1.61. The van der Waals surface area contributed by atoms with Crippen LogP contribution in [-0.4, -0.2) is 17.9 Å². The van der Waals surface area contributed by atoms with Crippen LogP contribution < -0.4 is 15.4 Å². The average molecular weight is 300 g/mol. The number of carbonyl (C=O) groups is 2. The van der Waals surface area contributed by atoms with E-state index in [1.54, 1.807) is 36.6 Å². The lowest BCUT2D eigenvalue weighted by Gasteiger charge is -2.25. The summed E-state index contributed by atoms with van der Waals surface area (Å²) in [4.78, 5) is 24.0. The van der Waals surface area contributed by atoms with Gasteiger partial charge < -0.3 is 19.8 Å². The normalized spacial score (nSPS) is 17.9. The highest BCUT2D eigenvalue weighted by Crippen LogP contribution is 2.29. The Morgan fingerprint density at radius 1 is 1.32 bits per heavy atom. The van der Waals surface area contributed by atoms with Gasteiger partial charge in [-0.3, -0.25) is 9.59 Å². The van der Waals surface area contributed by atoms with Gasteiger partial charge in [0.1, 0.15) is 11.5 Å². The number of carbonyl (C=O) groups excluding carboxylic acids is 2. The maximum atomic E-state index is 12.1. The van der Waals surface area contributed by atoms with Crippen LogP contribution in [0.25, 0.3) is 0 Å². The number of amides is 2. The standard InChI is InChI=1S/C16H16N2O4/c1-10(12-7-4-8-21-12)17-15(19)9-14-16(20)18-11-5-2-3-6-13(11)22-14/h2-8,10,14H,9H2,1H3,(H,17,19)(H,18,20)/t10-,14+/m1/s1. The Kier molecular flexibility index (Phi) is 3.82. The number of ether oxygens (including phenoxy) is 1. The number of benzene rings is 1. The SMILES string of the molecule is C[C@@H](NC(=O)C[C@@H]1Oc2ccccc2NC1=O)c1ccco1. The highest BCUT2D eigenvalue weighted by Gasteiger charge is 2.30. The minimum atomic E-state index is -0.835. The summed E-state index contributed by atoms with van der Waals surface area (Å²) in [5, 5.41) is 5.52. The molecule has 0 spiro atoms. The molecule has 2 N–H and O–H groups in total. The predicted molar refractivity (Wildman–Crippen MR) is 79.4 cm³/mol. The van der Waals surface area contributed by atoms with Gasteiger partial charge in [0, 0.05) is 0 Å². The summed E-state index contributed by atoms with van der Waals surface area (Å²) in [6.45, 7) is 1.81. The lowest BCUT2D eigenvalue weighted by molar-refractivity contribution is -0.130. The first-order valence-electron chi connectivity index (χ1n) is 7.03. The second-order valence-corrected chi connectivity index (χ2v) is 5.10. The van der Waals surface area contributed by atoms with Crippen LogP contribution in [0.4, 0.5) is 5.69 Å². The Hall–Kier alpha value is -2.76. The van der Waals surface area contributed by atoms with Crippen LogP contribution in [0.15, 0.2) is 47.1 Å². The molecule has 0 radical (unpaired) electrons. The molecule has 22 heavy (non-hydrogen) atoms. The molecule has 1 aromatic heterocycles. The summed E-state index contributed by atoms with van der Waals surface area (Å²) in [7, 11) is 0. The van der Waals surface area contributed by atoms with Gasteiger partial charge in [-0.1, -0.05) is 12.1 Å². The van der Waals surface area contributed by atoms with Gasteiger partial charge in [0.25, 0.3) is 5.91 Å². The molecule has 114 valence electrons. The van der Waals surface area contributed by atoms with Gasteiger partial charge in [-0.25, -0.2) is 0 Å². The lowest BCUT2D eigenvalue weighted by atomic mass is 10.1. The van der Waals surface area contributed by atoms with Gasteiger partial charge in [0.2, 0.25) is 5.91 Å². The predicted octanol–water partition coefficient (Wildman–Crippen LogP) is 2.25. The van der Waals surface area contributed by atoms with Crippen LogP contribution in [0, 0.1) is 0 Å². The van der Waals surface area contributed by atoms with Crippen molar-refractivity contribution in [3.63, 3.8) is 0 Å². The molecule has 6 nitrogen and oxygen atoms in total. The number of anilines is 1. The number of nitrogens with one attached hydrogen (secondary N) is 2. The second kappa shape index (κ2) is 5.93. The molecule has 0 fully saturated rings. The number of furan rings is 1. The topological polar surface area (TPSA) is 80.6 Å². The van der Waals surface area contributed by atoms with Crippen molar-refractivity contribution in [1.82, 2.24) is 5.32 Å². The molecular formula is C16H16N2O4. The van der Waals surface area contributed by atoms with Gasteiger partial charge in [-0.05, 0) is 31.2 Å². The maximum Gasteiger partial charge on any atom is 0.266 e. The molecule has 0 aliphatic carbocycles. The number of hydrogen-bond donors (Lipinski definition) is 2. The number of para-hydroxylation sites is 2. The molecule has 2 aromatic rings. The first kappa shape index (κ1) is 14.2. The number of rotatable bonds is 4. The summed E-state index contributed by atoms with van der Waals surface area (Å²) < 4.78 is 10.8. The van der Waals surface area contributed by atoms with Crippen molar-refractivity contribution in [3.8, 4) is 5.75 Å². The Morgan fingerprint density at radius 3 is 2.91 bits per heavy atom. The van der Waals surface area contributed by atoms with E-state index in [4.69, 9.17) is 9.15 Å². The summed E-state index contributed by atoms with van der Waals surface area (Å²) >= 11 is 0. The van der Waals surface area contributed by atoms with Crippen molar-refractivity contribution in [2.75, 3.05) is 5.32 Å². The molecule has 2 atom stereocenters. The van der Waals surface area contributed by atoms with Gasteiger partial charge in [0.15, 0.2) is 6.10 Å². The summed E-state index contributed by atoms with van der Waals surface area (Å²) in [5.74, 6) is 0.634. The van der Waals surface area contributed by atoms with Crippen LogP contribution in [-0.2, 0) is 9.59 Å². The maximum absolute atomic E-state index is 12.1. The van der Waals surface area contributed by atoms with E-state index in [1.165, 1.54) is 0 Å². The molecular weight excluding hydrogens is 284 g/mol. The van der Waals surface area contributed by atoms with Crippen LogP contribution in [0.3, 0.4) is 0 Å². The lowest BCUT2D eigenvalue weighted by Crippen LogP contribution is -2.41. The minimum absolute atomic E-state index is 0.0504. The third-order valence-electron chi connectivity index (χ3n) is 3.42. The Labute approximate surface area is 127 Å². The smallest absolute Gasteiger partial charge is 0.266 e. The summed E-state index contributed by atoms with van der Waals surface area (Å²) in [6.07, 6.45) is 0.663. The third-order valence-corrected chi connectivity index (χ3v) is 3.42. The fourth-order valence-corrected chi connectivity index (χ4v) is 2.30. The van der Waals surface area contributed by atoms with Crippen LogP contribution in [0.5, 0.6) is 5.75 Å². The molecule has 1 aliphatic heterocycles.